The van der Waals surface area contributed by atoms with E-state index < -0.39 is 0 Å². The van der Waals surface area contributed by atoms with Gasteiger partial charge in [0, 0.05) is 68.8 Å². The van der Waals surface area contributed by atoms with Crippen LogP contribution < -0.4 is 0 Å². The van der Waals surface area contributed by atoms with Gasteiger partial charge >= 0.3 is 0 Å². The van der Waals surface area contributed by atoms with Gasteiger partial charge in [-0.15, -0.1) is 11.3 Å². The van der Waals surface area contributed by atoms with Gasteiger partial charge in [0.05, 0.1) is 33.4 Å². The second-order valence-electron chi connectivity index (χ2n) is 27.7. The van der Waals surface area contributed by atoms with Crippen molar-refractivity contribution < 1.29 is 0 Å². The summed E-state index contributed by atoms with van der Waals surface area (Å²) in [7, 11) is 0. The number of benzene rings is 12. The third-order valence-electron chi connectivity index (χ3n) is 18.3. The van der Waals surface area contributed by atoms with Crippen LogP contribution in [0.4, 0.5) is 0 Å². The first-order valence-electron chi connectivity index (χ1n) is 29.7. The van der Waals surface area contributed by atoms with Gasteiger partial charge in [-0.1, -0.05) is 229 Å². The van der Waals surface area contributed by atoms with Crippen molar-refractivity contribution in [2.45, 2.75) is 105 Å². The van der Waals surface area contributed by atoms with Crippen molar-refractivity contribution >= 4 is 118 Å². The van der Waals surface area contributed by atoms with Crippen LogP contribution in [0.3, 0.4) is 0 Å². The molecule has 0 amide bonds. The monoisotopic (exact) mass is 1090 g/mol. The van der Waals surface area contributed by atoms with E-state index in [2.05, 4.69) is 298 Å². The highest BCUT2D eigenvalue weighted by Gasteiger charge is 2.28. The normalized spacial score (nSPS) is 13.1. The topological polar surface area (TPSA) is 9.86 Å². The number of hydrogen-bond acceptors (Lipinski definition) is 1. The maximum Gasteiger partial charge on any atom is 0.0619 e. The molecule has 0 aliphatic rings. The molecule has 0 N–H and O–H groups in total. The predicted molar refractivity (Wildman–Crippen MR) is 364 cm³/mol. The summed E-state index contributed by atoms with van der Waals surface area (Å²) in [6, 6.07) is 79.7. The third-order valence-corrected chi connectivity index (χ3v) is 19.5. The molecule has 0 spiro atoms. The van der Waals surface area contributed by atoms with Gasteiger partial charge in [0.25, 0.3) is 0 Å². The lowest BCUT2D eigenvalue weighted by Gasteiger charge is -2.21. The van der Waals surface area contributed by atoms with Crippen molar-refractivity contribution in [2.24, 2.45) is 0 Å². The van der Waals surface area contributed by atoms with Crippen LogP contribution in [-0.4, -0.2) is 9.13 Å². The van der Waals surface area contributed by atoms with E-state index >= 15 is 0 Å². The van der Waals surface area contributed by atoms with E-state index in [9.17, 15) is 0 Å². The van der Waals surface area contributed by atoms with Gasteiger partial charge in [0.15, 0.2) is 0 Å². The van der Waals surface area contributed by atoms with Crippen LogP contribution in [0.1, 0.15) is 105 Å². The fraction of sp³-hybridized carbons (Fsp3) is 0.200. The van der Waals surface area contributed by atoms with Crippen molar-refractivity contribution in [3.63, 3.8) is 0 Å². The van der Waals surface area contributed by atoms with Crippen LogP contribution in [-0.2, 0) is 21.7 Å². The number of aromatic nitrogens is 2. The third kappa shape index (κ3) is 7.87. The molecule has 406 valence electrons. The van der Waals surface area contributed by atoms with Crippen LogP contribution in [0.25, 0.3) is 141 Å². The zero-order chi connectivity index (χ0) is 57.2. The molecule has 0 fully saturated rings. The van der Waals surface area contributed by atoms with Gasteiger partial charge in [-0.25, -0.2) is 0 Å². The average molecular weight is 1090 g/mol. The zero-order valence-electron chi connectivity index (χ0n) is 49.9. The molecule has 0 radical (unpaired) electrons. The van der Waals surface area contributed by atoms with Gasteiger partial charge in [0.1, 0.15) is 0 Å². The zero-order valence-corrected chi connectivity index (χ0v) is 50.7. The minimum absolute atomic E-state index is 0.0128. The van der Waals surface area contributed by atoms with Gasteiger partial charge < -0.3 is 9.13 Å². The van der Waals surface area contributed by atoms with Crippen molar-refractivity contribution in [2.75, 3.05) is 0 Å². The lowest BCUT2D eigenvalue weighted by Crippen LogP contribution is -2.10. The first-order chi connectivity index (χ1) is 39.7. The molecule has 15 aromatic rings. The Bertz CT molecular complexity index is 4980. The van der Waals surface area contributed by atoms with E-state index in [1.165, 1.54) is 163 Å². The molecule has 2 nitrogen and oxygen atoms in total. The maximum atomic E-state index is 2.58. The van der Waals surface area contributed by atoms with Crippen molar-refractivity contribution in [1.29, 1.82) is 0 Å². The highest BCUT2D eigenvalue weighted by Crippen LogP contribution is 2.51. The van der Waals surface area contributed by atoms with Gasteiger partial charge in [-0.3, -0.25) is 0 Å². The quantitative estimate of drug-likeness (QED) is 0.155. The summed E-state index contributed by atoms with van der Waals surface area (Å²) in [6.45, 7) is 27.9. The van der Waals surface area contributed by atoms with E-state index in [0.717, 1.165) is 0 Å². The summed E-state index contributed by atoms with van der Waals surface area (Å²) >= 11 is 1.92. The van der Waals surface area contributed by atoms with Crippen LogP contribution in [0, 0.1) is 0 Å². The smallest absolute Gasteiger partial charge is 0.0619 e. The predicted octanol–water partition coefficient (Wildman–Crippen LogP) is 23.4. The van der Waals surface area contributed by atoms with E-state index in [4.69, 9.17) is 0 Å². The number of hydrogen-bond donors (Lipinski definition) is 0. The molecule has 0 saturated carbocycles. The molecule has 0 bridgehead atoms. The molecule has 83 heavy (non-hydrogen) atoms. The van der Waals surface area contributed by atoms with Crippen molar-refractivity contribution in [1.82, 2.24) is 9.13 Å². The van der Waals surface area contributed by atoms with E-state index in [1.54, 1.807) is 0 Å². The summed E-state index contributed by atoms with van der Waals surface area (Å²) in [6.07, 6.45) is 0. The first-order valence-corrected chi connectivity index (χ1v) is 30.6. The fourth-order valence-corrected chi connectivity index (χ4v) is 15.0. The standard InChI is InChI=1S/C80H70N2S/c1-77(2,3)48-33-37-67-62(43-48)63-44-49(78(4,5)6)34-38-68(63)81(67)74-56-26-17-13-22-52(56)72(53-23-14-18-27-57(53)74)47-32-41-71-66(42-47)60-30-21-31-61(76(60)83-71)73-54-24-15-19-28-58(54)75(59-29-20-16-25-55(59)73)82-69-39-35-50(79(7,8)9)45-64(69)65-46-51(80(10,11)12)36-40-70(65)82/h13-46H,1-12H3. The fourth-order valence-electron chi connectivity index (χ4n) is 13.8. The molecule has 0 aliphatic carbocycles. The molecular formula is C80H70N2S. The molecular weight excluding hydrogens is 1020 g/mol. The van der Waals surface area contributed by atoms with Gasteiger partial charge in [0.2, 0.25) is 0 Å². The number of nitrogens with zero attached hydrogens (tertiary/aromatic N) is 2. The minimum atomic E-state index is 0.0128. The Labute approximate surface area is 491 Å². The second kappa shape index (κ2) is 18.0. The van der Waals surface area contributed by atoms with E-state index in [1.807, 2.05) is 11.3 Å². The molecule has 0 unspecified atom stereocenters. The Hall–Kier alpha value is -8.50. The molecule has 3 heteroatoms. The summed E-state index contributed by atoms with van der Waals surface area (Å²) < 4.78 is 7.75. The largest absolute Gasteiger partial charge is 0.308 e. The van der Waals surface area contributed by atoms with Crippen molar-refractivity contribution in [3.05, 3.63) is 229 Å². The highest BCUT2D eigenvalue weighted by molar-refractivity contribution is 7.26. The van der Waals surface area contributed by atoms with Crippen LogP contribution in [0.5, 0.6) is 0 Å². The van der Waals surface area contributed by atoms with Gasteiger partial charge in [-0.2, -0.15) is 0 Å². The van der Waals surface area contributed by atoms with Gasteiger partial charge in [-0.05, 0) is 143 Å². The lowest BCUT2D eigenvalue weighted by atomic mass is 9.85. The number of fused-ring (bicyclic) bond motifs is 13. The molecule has 3 heterocycles. The maximum absolute atomic E-state index is 2.58. The summed E-state index contributed by atoms with van der Waals surface area (Å²) in [5, 5.41) is 17.7. The minimum Gasteiger partial charge on any atom is -0.308 e. The first kappa shape index (κ1) is 51.4. The second-order valence-corrected chi connectivity index (χ2v) is 28.8. The summed E-state index contributed by atoms with van der Waals surface area (Å²) in [5.74, 6) is 0. The molecule has 0 saturated heterocycles. The molecule has 0 aliphatic heterocycles. The Morgan fingerprint density at radius 3 is 0.940 bits per heavy atom. The Morgan fingerprint density at radius 1 is 0.265 bits per heavy atom. The van der Waals surface area contributed by atoms with E-state index in [-0.39, 0.29) is 21.7 Å². The Balaban J connectivity index is 0.946. The summed E-state index contributed by atoms with van der Waals surface area (Å²) in [4.78, 5) is 0. The van der Waals surface area contributed by atoms with Crippen molar-refractivity contribution in [3.8, 4) is 33.6 Å². The number of rotatable bonds is 4. The molecule has 3 aromatic heterocycles. The molecule has 0 atom stereocenters. The van der Waals surface area contributed by atoms with Crippen LogP contribution in [0.15, 0.2) is 206 Å². The lowest BCUT2D eigenvalue weighted by molar-refractivity contribution is 0.590. The Kier molecular flexibility index (Phi) is 11.1. The van der Waals surface area contributed by atoms with E-state index in [0.29, 0.717) is 0 Å². The summed E-state index contributed by atoms with van der Waals surface area (Å²) in [5.41, 5.74) is 17.9. The number of thiophene rings is 1. The Morgan fingerprint density at radius 2 is 0.590 bits per heavy atom. The average Bonchev–Trinajstić information content (AvgIpc) is 3.05. The van der Waals surface area contributed by atoms with Crippen LogP contribution >= 0.6 is 11.3 Å². The highest BCUT2D eigenvalue weighted by atomic mass is 32.1. The molecule has 15 rings (SSSR count). The SMILES string of the molecule is CC(C)(C)c1ccc2c(c1)c1cc(C(C)(C)C)ccc1n2-c1c2ccccc2c(-c2ccc3sc4c(-c5c6ccccc6c(-n6c7ccc(C(C)(C)C)cc7c7cc(C(C)(C)C)ccc76)c6ccccc56)cccc4c3c2)c2ccccc12. The van der Waals surface area contributed by atoms with Crippen LogP contribution in [0.2, 0.25) is 0 Å². The molecule has 12 aromatic carbocycles.